The molecule has 3 rings (SSSR count). The first-order chi connectivity index (χ1) is 8.40. The molecule has 102 valence electrons. The highest BCUT2D eigenvalue weighted by atomic mass is 35.5. The van der Waals surface area contributed by atoms with E-state index in [1.165, 1.54) is 50.2 Å². The van der Waals surface area contributed by atoms with Crippen molar-refractivity contribution in [3.8, 4) is 0 Å². The summed E-state index contributed by atoms with van der Waals surface area (Å²) >= 11 is 1.88. The Morgan fingerprint density at radius 3 is 2.61 bits per heavy atom. The van der Waals surface area contributed by atoms with E-state index in [1.54, 1.807) is 0 Å². The first-order valence-corrected chi connectivity index (χ1v) is 7.76. The molecule has 18 heavy (non-hydrogen) atoms. The van der Waals surface area contributed by atoms with Gasteiger partial charge in [0.1, 0.15) is 0 Å². The molecule has 2 fully saturated rings. The fourth-order valence-corrected chi connectivity index (χ4v) is 3.32. The molecule has 0 unspecified atom stereocenters. The van der Waals surface area contributed by atoms with Gasteiger partial charge in [-0.1, -0.05) is 6.07 Å². The highest BCUT2D eigenvalue weighted by Crippen LogP contribution is 2.28. The molecule has 2 heterocycles. The molecule has 0 atom stereocenters. The lowest BCUT2D eigenvalue weighted by molar-refractivity contribution is 0.191. The number of likely N-dealkylation sites (tertiary alicyclic amines) is 1. The van der Waals surface area contributed by atoms with Gasteiger partial charge in [0.25, 0.3) is 0 Å². The molecular formula is C14H23ClN2S. The Hall–Kier alpha value is -0.0900. The predicted octanol–water partition coefficient (Wildman–Crippen LogP) is 3.13. The zero-order valence-corrected chi connectivity index (χ0v) is 12.4. The molecule has 1 saturated carbocycles. The molecule has 1 aromatic rings. The van der Waals surface area contributed by atoms with E-state index in [2.05, 4.69) is 27.7 Å². The molecule has 4 heteroatoms. The third kappa shape index (κ3) is 4.23. The van der Waals surface area contributed by atoms with Crippen LogP contribution in [0.3, 0.4) is 0 Å². The van der Waals surface area contributed by atoms with Crippen molar-refractivity contribution in [2.45, 2.75) is 38.3 Å². The Bertz CT molecular complexity index is 330. The van der Waals surface area contributed by atoms with Crippen molar-refractivity contribution in [2.24, 2.45) is 5.92 Å². The van der Waals surface area contributed by atoms with Crippen LogP contribution in [0.2, 0.25) is 0 Å². The summed E-state index contributed by atoms with van der Waals surface area (Å²) < 4.78 is 0. The average molecular weight is 287 g/mol. The second-order valence-corrected chi connectivity index (χ2v) is 6.51. The van der Waals surface area contributed by atoms with Crippen LogP contribution < -0.4 is 5.32 Å². The van der Waals surface area contributed by atoms with E-state index >= 15 is 0 Å². The lowest BCUT2D eigenvalue weighted by Gasteiger charge is -2.32. The molecule has 0 amide bonds. The van der Waals surface area contributed by atoms with Crippen LogP contribution in [0.4, 0.5) is 0 Å². The van der Waals surface area contributed by atoms with Crippen LogP contribution in [-0.2, 0) is 6.54 Å². The van der Waals surface area contributed by atoms with E-state index in [9.17, 15) is 0 Å². The van der Waals surface area contributed by atoms with E-state index < -0.39 is 0 Å². The van der Waals surface area contributed by atoms with Gasteiger partial charge in [0.05, 0.1) is 0 Å². The van der Waals surface area contributed by atoms with Crippen LogP contribution in [-0.4, -0.2) is 30.6 Å². The summed E-state index contributed by atoms with van der Waals surface area (Å²) in [7, 11) is 0. The van der Waals surface area contributed by atoms with E-state index in [1.807, 2.05) is 11.3 Å². The smallest absolute Gasteiger partial charge is 0.0327 e. The van der Waals surface area contributed by atoms with Crippen molar-refractivity contribution in [1.82, 2.24) is 10.2 Å². The van der Waals surface area contributed by atoms with Crippen molar-refractivity contribution < 1.29 is 0 Å². The number of hydrogen-bond donors (Lipinski definition) is 1. The minimum atomic E-state index is 0. The Balaban J connectivity index is 0.00000120. The molecule has 1 aromatic heterocycles. The minimum Gasteiger partial charge on any atom is -0.314 e. The summed E-state index contributed by atoms with van der Waals surface area (Å²) in [5, 5.41) is 5.92. The van der Waals surface area contributed by atoms with Crippen LogP contribution in [0, 0.1) is 5.92 Å². The third-order valence-electron chi connectivity index (χ3n) is 3.94. The highest BCUT2D eigenvalue weighted by molar-refractivity contribution is 7.09. The number of thiophene rings is 1. The summed E-state index contributed by atoms with van der Waals surface area (Å²) in [6.07, 6.45) is 5.59. The Labute approximate surface area is 120 Å². The maximum Gasteiger partial charge on any atom is 0.0327 e. The van der Waals surface area contributed by atoms with Crippen molar-refractivity contribution in [1.29, 1.82) is 0 Å². The van der Waals surface area contributed by atoms with Gasteiger partial charge in [-0.25, -0.2) is 0 Å². The monoisotopic (exact) mass is 286 g/mol. The molecule has 1 saturated heterocycles. The lowest BCUT2D eigenvalue weighted by atomic mass is 10.0. The summed E-state index contributed by atoms with van der Waals surface area (Å²) in [5.41, 5.74) is 0. The fourth-order valence-electron chi connectivity index (χ4n) is 2.57. The van der Waals surface area contributed by atoms with Crippen molar-refractivity contribution in [2.75, 3.05) is 19.6 Å². The number of halogens is 1. The molecule has 0 spiro atoms. The SMILES string of the molecule is Cl.c1csc(CN2CCC(NCC3CC3)CC2)c1. The van der Waals surface area contributed by atoms with Gasteiger partial charge in [0.2, 0.25) is 0 Å². The standard InChI is InChI=1S/C14H22N2S.ClH/c1-2-14(17-9-1)11-16-7-5-13(6-8-16)15-10-12-3-4-12;/h1-2,9,12-13,15H,3-8,10-11H2;1H. The molecule has 2 nitrogen and oxygen atoms in total. The van der Waals surface area contributed by atoms with Crippen molar-refractivity contribution in [3.63, 3.8) is 0 Å². The fraction of sp³-hybridized carbons (Fsp3) is 0.714. The zero-order valence-electron chi connectivity index (χ0n) is 10.8. The van der Waals surface area contributed by atoms with Gasteiger partial charge in [-0.05, 0) is 62.7 Å². The molecule has 0 aromatic carbocycles. The summed E-state index contributed by atoms with van der Waals surface area (Å²) in [5.74, 6) is 1.01. The Kier molecular flexibility index (Phi) is 5.49. The van der Waals surface area contributed by atoms with Gasteiger partial charge >= 0.3 is 0 Å². The minimum absolute atomic E-state index is 0. The largest absolute Gasteiger partial charge is 0.314 e. The topological polar surface area (TPSA) is 15.3 Å². The van der Waals surface area contributed by atoms with Crippen LogP contribution in [0.1, 0.15) is 30.6 Å². The third-order valence-corrected chi connectivity index (χ3v) is 4.80. The molecule has 2 aliphatic rings. The average Bonchev–Trinajstić information content (AvgIpc) is 3.05. The van der Waals surface area contributed by atoms with Crippen LogP contribution in [0.5, 0.6) is 0 Å². The zero-order chi connectivity index (χ0) is 11.5. The number of nitrogens with one attached hydrogen (secondary N) is 1. The van der Waals surface area contributed by atoms with E-state index in [-0.39, 0.29) is 12.4 Å². The molecule has 1 aliphatic heterocycles. The maximum atomic E-state index is 3.74. The number of nitrogens with zero attached hydrogens (tertiary/aromatic N) is 1. The predicted molar refractivity (Wildman–Crippen MR) is 80.6 cm³/mol. The number of piperidine rings is 1. The molecule has 0 radical (unpaired) electrons. The summed E-state index contributed by atoms with van der Waals surface area (Å²) in [6, 6.07) is 5.20. The first-order valence-electron chi connectivity index (χ1n) is 6.88. The second-order valence-electron chi connectivity index (χ2n) is 5.48. The molecule has 1 aliphatic carbocycles. The maximum absolute atomic E-state index is 3.74. The lowest BCUT2D eigenvalue weighted by Crippen LogP contribution is -2.42. The van der Waals surface area contributed by atoms with Gasteiger partial charge in [-0.2, -0.15) is 0 Å². The van der Waals surface area contributed by atoms with E-state index in [4.69, 9.17) is 0 Å². The van der Waals surface area contributed by atoms with Crippen LogP contribution >= 0.6 is 23.7 Å². The van der Waals surface area contributed by atoms with Crippen molar-refractivity contribution >= 4 is 23.7 Å². The van der Waals surface area contributed by atoms with Gasteiger partial charge in [0.15, 0.2) is 0 Å². The Morgan fingerprint density at radius 1 is 1.22 bits per heavy atom. The number of rotatable bonds is 5. The number of hydrogen-bond acceptors (Lipinski definition) is 3. The summed E-state index contributed by atoms with van der Waals surface area (Å²) in [6.45, 7) is 4.96. The normalized spacial score (nSPS) is 21.8. The van der Waals surface area contributed by atoms with E-state index in [0.717, 1.165) is 18.5 Å². The highest BCUT2D eigenvalue weighted by Gasteiger charge is 2.24. The second kappa shape index (κ2) is 6.90. The first kappa shape index (κ1) is 14.3. The molecule has 0 bridgehead atoms. The Morgan fingerprint density at radius 2 is 2.00 bits per heavy atom. The summed E-state index contributed by atoms with van der Waals surface area (Å²) in [4.78, 5) is 4.11. The van der Waals surface area contributed by atoms with Gasteiger partial charge in [-0.15, -0.1) is 23.7 Å². The molecule has 1 N–H and O–H groups in total. The van der Waals surface area contributed by atoms with Gasteiger partial charge in [0, 0.05) is 17.5 Å². The molecular weight excluding hydrogens is 264 g/mol. The van der Waals surface area contributed by atoms with Gasteiger partial charge in [-0.3, -0.25) is 4.90 Å². The van der Waals surface area contributed by atoms with E-state index in [0.29, 0.717) is 0 Å². The van der Waals surface area contributed by atoms with Gasteiger partial charge < -0.3 is 5.32 Å². The van der Waals surface area contributed by atoms with Crippen molar-refractivity contribution in [3.05, 3.63) is 22.4 Å². The van der Waals surface area contributed by atoms with Crippen LogP contribution in [0.15, 0.2) is 17.5 Å². The quantitative estimate of drug-likeness (QED) is 0.895. The van der Waals surface area contributed by atoms with Crippen LogP contribution in [0.25, 0.3) is 0 Å².